The summed E-state index contributed by atoms with van der Waals surface area (Å²) in [6, 6.07) is 0.122. The van der Waals surface area contributed by atoms with E-state index in [1.54, 1.807) is 4.68 Å². The number of carboxylic acid groups (broad SMARTS) is 1. The van der Waals surface area contributed by atoms with Crippen molar-refractivity contribution in [3.63, 3.8) is 0 Å². The molecule has 0 saturated carbocycles. The second-order valence-electron chi connectivity index (χ2n) is 4.42. The lowest BCUT2D eigenvalue weighted by molar-refractivity contribution is -0.0301. The number of rotatable bonds is 2. The van der Waals surface area contributed by atoms with Crippen LogP contribution in [-0.2, 0) is 17.6 Å². The minimum absolute atomic E-state index is 0.122. The molecule has 1 N–H and O–H groups in total. The van der Waals surface area contributed by atoms with E-state index in [0.717, 1.165) is 36.9 Å². The Kier molecular flexibility index (Phi) is 2.21. The highest BCUT2D eigenvalue weighted by atomic mass is 16.5. The molecule has 5 nitrogen and oxygen atoms in total. The van der Waals surface area contributed by atoms with Crippen LogP contribution >= 0.6 is 0 Å². The summed E-state index contributed by atoms with van der Waals surface area (Å²) in [5, 5.41) is 13.7. The van der Waals surface area contributed by atoms with Gasteiger partial charge in [-0.1, -0.05) is 0 Å². The molecule has 0 spiro atoms. The fourth-order valence-corrected chi connectivity index (χ4v) is 2.43. The summed E-state index contributed by atoms with van der Waals surface area (Å²) >= 11 is 0. The van der Waals surface area contributed by atoms with Crippen LogP contribution in [0.4, 0.5) is 0 Å². The van der Waals surface area contributed by atoms with Crippen LogP contribution < -0.4 is 0 Å². The monoisotopic (exact) mass is 222 g/mol. The van der Waals surface area contributed by atoms with Crippen molar-refractivity contribution in [1.29, 1.82) is 0 Å². The molecule has 0 bridgehead atoms. The first kappa shape index (κ1) is 9.84. The molecule has 0 unspecified atom stereocenters. The summed E-state index contributed by atoms with van der Waals surface area (Å²) in [7, 11) is 0. The standard InChI is InChI=1S/C11H14N2O3/c14-11(15)10-8-3-1-2-4-9(8)12-13(10)7-5-16-6-7/h7H,1-6H2,(H,14,15). The van der Waals surface area contributed by atoms with Gasteiger partial charge in [0.1, 0.15) is 5.69 Å². The highest BCUT2D eigenvalue weighted by Crippen LogP contribution is 2.28. The Hall–Kier alpha value is -1.36. The molecule has 2 heterocycles. The summed E-state index contributed by atoms with van der Waals surface area (Å²) in [6.45, 7) is 1.17. The van der Waals surface area contributed by atoms with Crippen molar-refractivity contribution >= 4 is 5.97 Å². The number of nitrogens with zero attached hydrogens (tertiary/aromatic N) is 2. The molecule has 0 aromatic carbocycles. The molecule has 16 heavy (non-hydrogen) atoms. The Morgan fingerprint density at radius 3 is 2.75 bits per heavy atom. The van der Waals surface area contributed by atoms with Gasteiger partial charge in [-0.05, 0) is 25.7 Å². The number of fused-ring (bicyclic) bond motifs is 1. The Balaban J connectivity index is 2.08. The normalized spacial score (nSPS) is 20.2. The third-order valence-corrected chi connectivity index (χ3v) is 3.35. The first-order valence-electron chi connectivity index (χ1n) is 5.68. The van der Waals surface area contributed by atoms with Crippen LogP contribution in [0.15, 0.2) is 0 Å². The molecular weight excluding hydrogens is 208 g/mol. The quantitative estimate of drug-likeness (QED) is 0.811. The fraction of sp³-hybridized carbons (Fsp3) is 0.636. The number of aromatic carboxylic acids is 1. The van der Waals surface area contributed by atoms with E-state index < -0.39 is 5.97 Å². The summed E-state index contributed by atoms with van der Waals surface area (Å²) < 4.78 is 6.77. The van der Waals surface area contributed by atoms with E-state index in [9.17, 15) is 9.90 Å². The first-order valence-corrected chi connectivity index (χ1v) is 5.68. The van der Waals surface area contributed by atoms with Gasteiger partial charge in [0.25, 0.3) is 0 Å². The number of hydrogen-bond donors (Lipinski definition) is 1. The highest BCUT2D eigenvalue weighted by molar-refractivity contribution is 5.88. The van der Waals surface area contributed by atoms with Gasteiger partial charge < -0.3 is 9.84 Å². The predicted molar refractivity (Wildman–Crippen MR) is 55.7 cm³/mol. The molecule has 0 amide bonds. The average molecular weight is 222 g/mol. The number of carbonyl (C=O) groups is 1. The van der Waals surface area contributed by atoms with E-state index in [2.05, 4.69) is 5.10 Å². The molecule has 1 saturated heterocycles. The van der Waals surface area contributed by atoms with Crippen molar-refractivity contribution in [3.8, 4) is 0 Å². The van der Waals surface area contributed by atoms with Gasteiger partial charge in [-0.25, -0.2) is 9.48 Å². The van der Waals surface area contributed by atoms with Crippen LogP contribution in [0, 0.1) is 0 Å². The molecule has 0 atom stereocenters. The van der Waals surface area contributed by atoms with Crippen molar-refractivity contribution in [3.05, 3.63) is 17.0 Å². The maximum Gasteiger partial charge on any atom is 0.354 e. The van der Waals surface area contributed by atoms with Gasteiger partial charge in [-0.2, -0.15) is 5.10 Å². The zero-order chi connectivity index (χ0) is 11.1. The predicted octanol–water partition coefficient (Wildman–Crippen LogP) is 1.03. The minimum atomic E-state index is -0.859. The van der Waals surface area contributed by atoms with Crippen molar-refractivity contribution in [2.24, 2.45) is 0 Å². The van der Waals surface area contributed by atoms with Crippen LogP contribution in [0.2, 0.25) is 0 Å². The van der Waals surface area contributed by atoms with Crippen LogP contribution in [-0.4, -0.2) is 34.1 Å². The summed E-state index contributed by atoms with van der Waals surface area (Å²) in [4.78, 5) is 11.3. The molecule has 1 aliphatic carbocycles. The maximum atomic E-state index is 11.3. The Morgan fingerprint density at radius 2 is 2.12 bits per heavy atom. The second-order valence-corrected chi connectivity index (χ2v) is 4.42. The molecule has 1 aliphatic heterocycles. The smallest absolute Gasteiger partial charge is 0.354 e. The molecule has 2 aliphatic rings. The lowest BCUT2D eigenvalue weighted by Gasteiger charge is -2.27. The summed E-state index contributed by atoms with van der Waals surface area (Å²) in [5.74, 6) is -0.859. The lowest BCUT2D eigenvalue weighted by Crippen LogP contribution is -2.33. The molecular formula is C11H14N2O3. The molecule has 1 aromatic heterocycles. The molecule has 3 rings (SSSR count). The number of aryl methyl sites for hydroxylation is 1. The molecule has 1 fully saturated rings. The summed E-state index contributed by atoms with van der Waals surface area (Å²) in [6.07, 6.45) is 3.95. The third kappa shape index (κ3) is 1.35. The fourth-order valence-electron chi connectivity index (χ4n) is 2.43. The third-order valence-electron chi connectivity index (χ3n) is 3.35. The highest BCUT2D eigenvalue weighted by Gasteiger charge is 2.31. The largest absolute Gasteiger partial charge is 0.477 e. The second kappa shape index (κ2) is 3.59. The van der Waals surface area contributed by atoms with Gasteiger partial charge in [-0.3, -0.25) is 0 Å². The van der Waals surface area contributed by atoms with E-state index >= 15 is 0 Å². The molecule has 0 radical (unpaired) electrons. The van der Waals surface area contributed by atoms with E-state index in [1.807, 2.05) is 0 Å². The van der Waals surface area contributed by atoms with Gasteiger partial charge >= 0.3 is 5.97 Å². The van der Waals surface area contributed by atoms with Crippen molar-refractivity contribution < 1.29 is 14.6 Å². The molecule has 1 aromatic rings. The Bertz CT molecular complexity index is 435. The van der Waals surface area contributed by atoms with E-state index in [-0.39, 0.29) is 6.04 Å². The van der Waals surface area contributed by atoms with Crippen LogP contribution in [0.1, 0.15) is 40.6 Å². The number of aromatic nitrogens is 2. The van der Waals surface area contributed by atoms with Gasteiger partial charge in [0, 0.05) is 5.56 Å². The van der Waals surface area contributed by atoms with Gasteiger partial charge in [0.2, 0.25) is 0 Å². The van der Waals surface area contributed by atoms with Gasteiger partial charge in [-0.15, -0.1) is 0 Å². The van der Waals surface area contributed by atoms with Crippen LogP contribution in [0.5, 0.6) is 0 Å². The Morgan fingerprint density at radius 1 is 1.38 bits per heavy atom. The van der Waals surface area contributed by atoms with E-state index in [0.29, 0.717) is 18.9 Å². The number of carboxylic acids is 1. The van der Waals surface area contributed by atoms with E-state index in [4.69, 9.17) is 4.74 Å². The molecule has 5 heteroatoms. The van der Waals surface area contributed by atoms with Crippen molar-refractivity contribution in [2.75, 3.05) is 13.2 Å². The number of ether oxygens (including phenoxy) is 1. The zero-order valence-electron chi connectivity index (χ0n) is 8.98. The Labute approximate surface area is 93.0 Å². The zero-order valence-corrected chi connectivity index (χ0v) is 8.98. The minimum Gasteiger partial charge on any atom is -0.477 e. The average Bonchev–Trinajstić information content (AvgIpc) is 2.53. The van der Waals surface area contributed by atoms with Crippen molar-refractivity contribution in [1.82, 2.24) is 9.78 Å². The first-order chi connectivity index (χ1) is 7.77. The van der Waals surface area contributed by atoms with Gasteiger partial charge in [0.15, 0.2) is 0 Å². The van der Waals surface area contributed by atoms with Crippen LogP contribution in [0.25, 0.3) is 0 Å². The maximum absolute atomic E-state index is 11.3. The van der Waals surface area contributed by atoms with Crippen molar-refractivity contribution in [2.45, 2.75) is 31.7 Å². The molecule has 86 valence electrons. The summed E-state index contributed by atoms with van der Waals surface area (Å²) in [5.41, 5.74) is 2.32. The van der Waals surface area contributed by atoms with Crippen LogP contribution in [0.3, 0.4) is 0 Å². The van der Waals surface area contributed by atoms with E-state index in [1.165, 1.54) is 0 Å². The van der Waals surface area contributed by atoms with Gasteiger partial charge in [0.05, 0.1) is 24.9 Å². The lowest BCUT2D eigenvalue weighted by atomic mass is 9.96. The number of hydrogen-bond acceptors (Lipinski definition) is 3. The topological polar surface area (TPSA) is 64.3 Å². The SMILES string of the molecule is O=C(O)c1c2c(nn1C1COC1)CCCC2.